The van der Waals surface area contributed by atoms with E-state index in [4.69, 9.17) is 9.47 Å². The van der Waals surface area contributed by atoms with Crippen molar-refractivity contribution in [2.24, 2.45) is 0 Å². The zero-order chi connectivity index (χ0) is 25.5. The predicted molar refractivity (Wildman–Crippen MR) is 141 cm³/mol. The van der Waals surface area contributed by atoms with Crippen LogP contribution in [0.3, 0.4) is 0 Å². The standard InChI is InChI=1S/C29H29N3O4/c1-19-22(23-8-4-6-10-25(23)31-19)16-17-30-29(34)26(18-20-12-14-21(35-2)15-13-20)32-28(33)24-9-5-7-11-27(24)36-3/h4-15,18,31H,16-17H2,1-3H3,(H,30,34)(H,32,33). The Morgan fingerprint density at radius 2 is 1.64 bits per heavy atom. The van der Waals surface area contributed by atoms with Gasteiger partial charge in [-0.1, -0.05) is 42.5 Å². The molecule has 0 aliphatic carbocycles. The number of aryl methyl sites for hydroxylation is 1. The molecule has 0 aliphatic rings. The molecular formula is C29H29N3O4. The number of aromatic amines is 1. The summed E-state index contributed by atoms with van der Waals surface area (Å²) in [5.41, 5.74) is 4.51. The van der Waals surface area contributed by atoms with Crippen molar-refractivity contribution in [2.45, 2.75) is 13.3 Å². The van der Waals surface area contributed by atoms with Gasteiger partial charge >= 0.3 is 0 Å². The molecule has 2 amide bonds. The molecule has 0 spiro atoms. The number of amides is 2. The fourth-order valence-corrected chi connectivity index (χ4v) is 4.10. The smallest absolute Gasteiger partial charge is 0.267 e. The highest BCUT2D eigenvalue weighted by Gasteiger charge is 2.18. The van der Waals surface area contributed by atoms with Gasteiger partial charge in [0.15, 0.2) is 0 Å². The van der Waals surface area contributed by atoms with E-state index < -0.39 is 5.91 Å². The number of carbonyl (C=O) groups excluding carboxylic acids is 2. The molecule has 184 valence electrons. The van der Waals surface area contributed by atoms with E-state index in [0.717, 1.165) is 27.7 Å². The Hall–Kier alpha value is -4.52. The normalized spacial score (nSPS) is 11.2. The molecule has 0 saturated heterocycles. The number of nitrogens with one attached hydrogen (secondary N) is 3. The fraction of sp³-hybridized carbons (Fsp3) is 0.172. The van der Waals surface area contributed by atoms with E-state index in [1.54, 1.807) is 49.6 Å². The second-order valence-electron chi connectivity index (χ2n) is 8.27. The number of fused-ring (bicyclic) bond motifs is 1. The van der Waals surface area contributed by atoms with Crippen molar-refractivity contribution in [2.75, 3.05) is 20.8 Å². The summed E-state index contributed by atoms with van der Waals surface area (Å²) in [5.74, 6) is 0.306. The maximum absolute atomic E-state index is 13.2. The number of rotatable bonds is 9. The molecule has 3 N–H and O–H groups in total. The van der Waals surface area contributed by atoms with Crippen LogP contribution in [0.4, 0.5) is 0 Å². The van der Waals surface area contributed by atoms with Crippen molar-refractivity contribution in [1.82, 2.24) is 15.6 Å². The highest BCUT2D eigenvalue weighted by atomic mass is 16.5. The largest absolute Gasteiger partial charge is 0.497 e. The summed E-state index contributed by atoms with van der Waals surface area (Å²) < 4.78 is 10.5. The van der Waals surface area contributed by atoms with Gasteiger partial charge in [-0.25, -0.2) is 0 Å². The Morgan fingerprint density at radius 1 is 0.917 bits per heavy atom. The molecule has 1 aromatic heterocycles. The predicted octanol–water partition coefficient (Wildman–Crippen LogP) is 4.62. The number of para-hydroxylation sites is 2. The van der Waals surface area contributed by atoms with Gasteiger partial charge in [-0.15, -0.1) is 0 Å². The van der Waals surface area contributed by atoms with Crippen molar-refractivity contribution in [3.05, 3.63) is 101 Å². The highest BCUT2D eigenvalue weighted by Crippen LogP contribution is 2.22. The number of methoxy groups -OCH3 is 2. The summed E-state index contributed by atoms with van der Waals surface area (Å²) >= 11 is 0. The van der Waals surface area contributed by atoms with Crippen LogP contribution >= 0.6 is 0 Å². The van der Waals surface area contributed by atoms with Crippen LogP contribution in [0, 0.1) is 6.92 Å². The van der Waals surface area contributed by atoms with Crippen molar-refractivity contribution in [1.29, 1.82) is 0 Å². The van der Waals surface area contributed by atoms with Crippen LogP contribution in [0.1, 0.15) is 27.2 Å². The van der Waals surface area contributed by atoms with Gasteiger partial charge in [0.1, 0.15) is 17.2 Å². The van der Waals surface area contributed by atoms with E-state index in [1.807, 2.05) is 37.3 Å². The molecule has 4 aromatic rings. The second-order valence-corrected chi connectivity index (χ2v) is 8.27. The van der Waals surface area contributed by atoms with E-state index in [-0.39, 0.29) is 11.6 Å². The van der Waals surface area contributed by atoms with Crippen LogP contribution < -0.4 is 20.1 Å². The number of benzene rings is 3. The van der Waals surface area contributed by atoms with E-state index >= 15 is 0 Å². The highest BCUT2D eigenvalue weighted by molar-refractivity contribution is 6.06. The van der Waals surface area contributed by atoms with Crippen molar-refractivity contribution >= 4 is 28.8 Å². The molecular weight excluding hydrogens is 454 g/mol. The fourth-order valence-electron chi connectivity index (χ4n) is 4.10. The Labute approximate surface area is 210 Å². The molecule has 0 bridgehead atoms. The lowest BCUT2D eigenvalue weighted by atomic mass is 10.1. The number of carbonyl (C=O) groups is 2. The molecule has 7 nitrogen and oxygen atoms in total. The minimum Gasteiger partial charge on any atom is -0.497 e. The Morgan fingerprint density at radius 3 is 2.39 bits per heavy atom. The third-order valence-corrected chi connectivity index (χ3v) is 5.96. The van der Waals surface area contributed by atoms with Crippen LogP contribution in [-0.4, -0.2) is 37.6 Å². The van der Waals surface area contributed by atoms with Gasteiger partial charge in [-0.2, -0.15) is 0 Å². The average Bonchev–Trinajstić information content (AvgIpc) is 3.23. The monoisotopic (exact) mass is 483 g/mol. The molecule has 4 rings (SSSR count). The molecule has 7 heteroatoms. The molecule has 3 aromatic carbocycles. The molecule has 0 aliphatic heterocycles. The van der Waals surface area contributed by atoms with Gasteiger partial charge in [0.2, 0.25) is 0 Å². The first kappa shape index (κ1) is 24.6. The summed E-state index contributed by atoms with van der Waals surface area (Å²) in [7, 11) is 3.09. The number of aromatic nitrogens is 1. The molecule has 0 fully saturated rings. The number of hydrogen-bond donors (Lipinski definition) is 3. The second kappa shape index (κ2) is 11.3. The number of hydrogen-bond acceptors (Lipinski definition) is 4. The lowest BCUT2D eigenvalue weighted by Gasteiger charge is -2.13. The average molecular weight is 484 g/mol. The van der Waals surface area contributed by atoms with Crippen LogP contribution in [0.15, 0.2) is 78.5 Å². The quantitative estimate of drug-likeness (QED) is 0.303. The maximum Gasteiger partial charge on any atom is 0.267 e. The van der Waals surface area contributed by atoms with Gasteiger partial charge in [-0.05, 0) is 60.9 Å². The first-order chi connectivity index (χ1) is 17.5. The zero-order valence-corrected chi connectivity index (χ0v) is 20.6. The Bertz CT molecular complexity index is 1400. The summed E-state index contributed by atoms with van der Waals surface area (Å²) in [5, 5.41) is 6.85. The molecule has 0 radical (unpaired) electrons. The summed E-state index contributed by atoms with van der Waals surface area (Å²) in [4.78, 5) is 29.6. The summed E-state index contributed by atoms with van der Waals surface area (Å²) in [6.07, 6.45) is 2.29. The zero-order valence-electron chi connectivity index (χ0n) is 20.6. The topological polar surface area (TPSA) is 92.4 Å². The minimum atomic E-state index is -0.435. The van der Waals surface area contributed by atoms with Crippen molar-refractivity contribution in [3.63, 3.8) is 0 Å². The minimum absolute atomic E-state index is 0.131. The lowest BCUT2D eigenvalue weighted by molar-refractivity contribution is -0.117. The van der Waals surface area contributed by atoms with Crippen molar-refractivity contribution in [3.8, 4) is 11.5 Å². The molecule has 0 saturated carbocycles. The van der Waals surface area contributed by atoms with Crippen LogP contribution in [0.2, 0.25) is 0 Å². The molecule has 36 heavy (non-hydrogen) atoms. The lowest BCUT2D eigenvalue weighted by Crippen LogP contribution is -2.36. The Balaban J connectivity index is 1.53. The third-order valence-electron chi connectivity index (χ3n) is 5.96. The third kappa shape index (κ3) is 5.58. The van der Waals surface area contributed by atoms with Crippen LogP contribution in [0.25, 0.3) is 17.0 Å². The first-order valence-corrected chi connectivity index (χ1v) is 11.6. The first-order valence-electron chi connectivity index (χ1n) is 11.6. The van der Waals surface area contributed by atoms with E-state index in [1.165, 1.54) is 7.11 Å². The molecule has 1 heterocycles. The van der Waals surface area contributed by atoms with E-state index in [2.05, 4.69) is 21.7 Å². The molecule has 0 atom stereocenters. The van der Waals surface area contributed by atoms with Crippen LogP contribution in [0.5, 0.6) is 11.5 Å². The van der Waals surface area contributed by atoms with E-state index in [9.17, 15) is 9.59 Å². The van der Waals surface area contributed by atoms with Crippen molar-refractivity contribution < 1.29 is 19.1 Å². The number of ether oxygens (including phenoxy) is 2. The summed E-state index contributed by atoms with van der Waals surface area (Å²) in [6, 6.07) is 22.2. The van der Waals surface area contributed by atoms with E-state index in [0.29, 0.717) is 30.0 Å². The van der Waals surface area contributed by atoms with Gasteiger partial charge in [0.25, 0.3) is 11.8 Å². The van der Waals surface area contributed by atoms with Crippen LogP contribution in [-0.2, 0) is 11.2 Å². The number of H-pyrrole nitrogens is 1. The van der Waals surface area contributed by atoms with Gasteiger partial charge in [0, 0.05) is 23.1 Å². The van der Waals surface area contributed by atoms with Gasteiger partial charge in [-0.3, -0.25) is 9.59 Å². The maximum atomic E-state index is 13.2. The molecule has 0 unspecified atom stereocenters. The summed E-state index contributed by atoms with van der Waals surface area (Å²) in [6.45, 7) is 2.44. The van der Waals surface area contributed by atoms with Gasteiger partial charge in [0.05, 0.1) is 19.8 Å². The SMILES string of the molecule is COc1ccc(C=C(NC(=O)c2ccccc2OC)C(=O)NCCc2c(C)[nH]c3ccccc23)cc1. The Kier molecular flexibility index (Phi) is 7.70. The van der Waals surface area contributed by atoms with Gasteiger partial charge < -0.3 is 25.1 Å².